The van der Waals surface area contributed by atoms with Crippen molar-refractivity contribution < 1.29 is 13.2 Å². The average Bonchev–Trinajstić information content (AvgIpc) is 2.70. The smallest absolute Gasteiger partial charge is 0.240 e. The van der Waals surface area contributed by atoms with Gasteiger partial charge in [-0.05, 0) is 12.0 Å². The number of rotatable bonds is 3. The molecule has 0 saturated carbocycles. The fourth-order valence-electron chi connectivity index (χ4n) is 1.98. The van der Waals surface area contributed by atoms with Crippen LogP contribution in [0.25, 0.3) is 0 Å². The van der Waals surface area contributed by atoms with Crippen LogP contribution >= 0.6 is 0 Å². The summed E-state index contributed by atoms with van der Waals surface area (Å²) in [6, 6.07) is 8.77. The van der Waals surface area contributed by atoms with Gasteiger partial charge in [-0.15, -0.1) is 0 Å². The number of amides is 1. The Bertz CT molecular complexity index is 528. The summed E-state index contributed by atoms with van der Waals surface area (Å²) in [6.45, 7) is 0.254. The highest BCUT2D eigenvalue weighted by Crippen LogP contribution is 2.10. The molecule has 6 heteroatoms. The van der Waals surface area contributed by atoms with Crippen molar-refractivity contribution in [1.82, 2.24) is 4.90 Å². The maximum absolute atomic E-state index is 12.0. The predicted octanol–water partition coefficient (Wildman–Crippen LogP) is -0.229. The minimum absolute atomic E-state index is 0.0385. The maximum atomic E-state index is 12.0. The van der Waals surface area contributed by atoms with Gasteiger partial charge in [-0.2, -0.15) is 0 Å². The summed E-state index contributed by atoms with van der Waals surface area (Å²) in [5.74, 6) is -0.453. The van der Waals surface area contributed by atoms with E-state index in [-0.39, 0.29) is 24.1 Å². The van der Waals surface area contributed by atoms with Crippen LogP contribution < -0.4 is 5.73 Å². The first-order valence-corrected chi connectivity index (χ1v) is 7.59. The van der Waals surface area contributed by atoms with Crippen molar-refractivity contribution in [3.8, 4) is 0 Å². The highest BCUT2D eigenvalue weighted by molar-refractivity contribution is 7.91. The summed E-state index contributed by atoms with van der Waals surface area (Å²) < 4.78 is 22.6. The molecule has 0 aliphatic carbocycles. The van der Waals surface area contributed by atoms with E-state index in [1.165, 1.54) is 4.90 Å². The molecule has 2 rings (SSSR count). The molecule has 0 spiro atoms. The molecule has 98 valence electrons. The molecule has 0 radical (unpaired) electrons. The molecule has 1 unspecified atom stereocenters. The summed E-state index contributed by atoms with van der Waals surface area (Å²) >= 11 is 0. The summed E-state index contributed by atoms with van der Waals surface area (Å²) in [5.41, 5.74) is 6.80. The van der Waals surface area contributed by atoms with Crippen molar-refractivity contribution in [2.45, 2.75) is 12.5 Å². The van der Waals surface area contributed by atoms with Gasteiger partial charge in [0.25, 0.3) is 0 Å². The Kier molecular flexibility index (Phi) is 3.68. The van der Waals surface area contributed by atoms with Crippen LogP contribution in [0.15, 0.2) is 30.3 Å². The molecule has 1 heterocycles. The number of nitrogens with two attached hydrogens (primary N) is 1. The standard InChI is InChI=1S/C12H16N2O3S/c13-11(8-10-4-2-1-3-5-10)12(15)14-6-7-18(16,17)9-14/h1-5,11H,6-9,13H2. The van der Waals surface area contributed by atoms with Crippen LogP contribution in [0.4, 0.5) is 0 Å². The lowest BCUT2D eigenvalue weighted by atomic mass is 10.1. The predicted molar refractivity (Wildman–Crippen MR) is 68.5 cm³/mol. The van der Waals surface area contributed by atoms with E-state index in [9.17, 15) is 13.2 Å². The van der Waals surface area contributed by atoms with Crippen LogP contribution in [0.2, 0.25) is 0 Å². The fraction of sp³-hybridized carbons (Fsp3) is 0.417. The Hall–Kier alpha value is -1.40. The zero-order valence-corrected chi connectivity index (χ0v) is 10.8. The van der Waals surface area contributed by atoms with Crippen molar-refractivity contribution in [3.05, 3.63) is 35.9 Å². The largest absolute Gasteiger partial charge is 0.326 e. The lowest BCUT2D eigenvalue weighted by molar-refractivity contribution is -0.131. The second kappa shape index (κ2) is 5.07. The Morgan fingerprint density at radius 2 is 2.00 bits per heavy atom. The summed E-state index contributed by atoms with van der Waals surface area (Å²) in [7, 11) is -3.10. The first-order chi connectivity index (χ1) is 8.48. The SMILES string of the molecule is NC(Cc1ccccc1)C(=O)N1CCS(=O)(=O)C1. The van der Waals surface area contributed by atoms with Gasteiger partial charge in [0.1, 0.15) is 5.88 Å². The van der Waals surface area contributed by atoms with Gasteiger partial charge in [0.2, 0.25) is 5.91 Å². The number of carbonyl (C=O) groups excluding carboxylic acids is 1. The molecule has 5 nitrogen and oxygen atoms in total. The summed E-state index contributed by atoms with van der Waals surface area (Å²) in [6.07, 6.45) is 0.427. The van der Waals surface area contributed by atoms with Crippen molar-refractivity contribution in [2.24, 2.45) is 5.73 Å². The lowest BCUT2D eigenvalue weighted by Crippen LogP contribution is -2.44. The third-order valence-corrected chi connectivity index (χ3v) is 4.46. The van der Waals surface area contributed by atoms with E-state index >= 15 is 0 Å². The monoisotopic (exact) mass is 268 g/mol. The van der Waals surface area contributed by atoms with E-state index in [0.717, 1.165) is 5.56 Å². The molecule has 1 aliphatic heterocycles. The number of hydrogen-bond donors (Lipinski definition) is 1. The van der Waals surface area contributed by atoms with Crippen LogP contribution in [0.1, 0.15) is 5.56 Å². The van der Waals surface area contributed by atoms with Crippen LogP contribution in [-0.2, 0) is 21.1 Å². The molecular weight excluding hydrogens is 252 g/mol. The van der Waals surface area contributed by atoms with E-state index in [4.69, 9.17) is 5.73 Å². The molecule has 1 aromatic rings. The highest BCUT2D eigenvalue weighted by Gasteiger charge is 2.31. The third-order valence-electron chi connectivity index (χ3n) is 2.95. The van der Waals surface area contributed by atoms with E-state index in [1.54, 1.807) is 0 Å². The Balaban J connectivity index is 1.98. The highest BCUT2D eigenvalue weighted by atomic mass is 32.2. The normalized spacial score (nSPS) is 19.7. The number of carbonyl (C=O) groups is 1. The van der Waals surface area contributed by atoms with Crippen LogP contribution in [0, 0.1) is 0 Å². The van der Waals surface area contributed by atoms with Crippen molar-refractivity contribution in [1.29, 1.82) is 0 Å². The van der Waals surface area contributed by atoms with Gasteiger partial charge >= 0.3 is 0 Å². The maximum Gasteiger partial charge on any atom is 0.240 e. The topological polar surface area (TPSA) is 80.5 Å². The Morgan fingerprint density at radius 3 is 2.56 bits per heavy atom. The van der Waals surface area contributed by atoms with Gasteiger partial charge in [-0.25, -0.2) is 8.42 Å². The van der Waals surface area contributed by atoms with E-state index in [0.29, 0.717) is 6.42 Å². The molecule has 1 atom stereocenters. The molecule has 1 aromatic carbocycles. The molecule has 18 heavy (non-hydrogen) atoms. The molecule has 0 bridgehead atoms. The molecule has 2 N–H and O–H groups in total. The van der Waals surface area contributed by atoms with Gasteiger partial charge in [-0.3, -0.25) is 4.79 Å². The summed E-state index contributed by atoms with van der Waals surface area (Å²) in [4.78, 5) is 13.3. The lowest BCUT2D eigenvalue weighted by Gasteiger charge is -2.19. The fourth-order valence-corrected chi connectivity index (χ4v) is 3.34. The van der Waals surface area contributed by atoms with Gasteiger partial charge in [-0.1, -0.05) is 30.3 Å². The molecule has 1 aliphatic rings. The average molecular weight is 268 g/mol. The van der Waals surface area contributed by atoms with E-state index in [2.05, 4.69) is 0 Å². The van der Waals surface area contributed by atoms with Gasteiger partial charge in [0.05, 0.1) is 11.8 Å². The van der Waals surface area contributed by atoms with Crippen molar-refractivity contribution >= 4 is 15.7 Å². The quantitative estimate of drug-likeness (QED) is 0.821. The molecule has 1 amide bonds. The van der Waals surface area contributed by atoms with Crippen molar-refractivity contribution in [2.75, 3.05) is 18.2 Å². The van der Waals surface area contributed by atoms with E-state index < -0.39 is 15.9 Å². The van der Waals surface area contributed by atoms with Gasteiger partial charge < -0.3 is 10.6 Å². The van der Waals surface area contributed by atoms with Crippen LogP contribution in [0.3, 0.4) is 0 Å². The molecule has 1 saturated heterocycles. The zero-order chi connectivity index (χ0) is 13.2. The van der Waals surface area contributed by atoms with E-state index in [1.807, 2.05) is 30.3 Å². The van der Waals surface area contributed by atoms with Crippen LogP contribution in [0.5, 0.6) is 0 Å². The first-order valence-electron chi connectivity index (χ1n) is 5.77. The minimum Gasteiger partial charge on any atom is -0.326 e. The summed E-state index contributed by atoms with van der Waals surface area (Å²) in [5, 5.41) is 0. The van der Waals surface area contributed by atoms with Crippen LogP contribution in [-0.4, -0.2) is 43.4 Å². The number of sulfone groups is 1. The molecule has 0 aromatic heterocycles. The molecule has 1 fully saturated rings. The molecular formula is C12H16N2O3S. The van der Waals surface area contributed by atoms with Gasteiger partial charge in [0, 0.05) is 6.54 Å². The zero-order valence-electron chi connectivity index (χ0n) is 9.95. The number of nitrogens with zero attached hydrogens (tertiary/aromatic N) is 1. The second-order valence-corrected chi connectivity index (χ2v) is 6.63. The second-order valence-electron chi connectivity index (χ2n) is 4.47. The third kappa shape index (κ3) is 3.08. The van der Waals surface area contributed by atoms with Crippen molar-refractivity contribution in [3.63, 3.8) is 0 Å². The number of benzene rings is 1. The minimum atomic E-state index is -3.10. The number of hydrogen-bond acceptors (Lipinski definition) is 4. The Labute approximate surface area is 107 Å². The van der Waals surface area contributed by atoms with Gasteiger partial charge in [0.15, 0.2) is 9.84 Å². The Morgan fingerprint density at radius 1 is 1.33 bits per heavy atom. The first kappa shape index (κ1) is 13.0.